The molecule has 0 bridgehead atoms. The van der Waals surface area contributed by atoms with Crippen LogP contribution in [0, 0.1) is 22.7 Å². The van der Waals surface area contributed by atoms with Crippen LogP contribution in [0.4, 0.5) is 65.9 Å². The number of hydrogen-bond donors (Lipinski definition) is 0. The maximum absolute atomic E-state index is 14.3. The highest BCUT2D eigenvalue weighted by atomic mass is 19.4. The topological polar surface area (TPSA) is 57.4 Å². The minimum absolute atomic E-state index is 0.119. The highest BCUT2D eigenvalue weighted by Crippen LogP contribution is 2.47. The van der Waals surface area contributed by atoms with Crippen molar-refractivity contribution in [2.75, 3.05) is 0 Å². The zero-order valence-corrected chi connectivity index (χ0v) is 30.3. The van der Waals surface area contributed by atoms with Gasteiger partial charge in [0.05, 0.1) is 84.5 Å². The molecular formula is C43H17F15N4. The van der Waals surface area contributed by atoms with Crippen molar-refractivity contribution >= 4 is 43.6 Å². The summed E-state index contributed by atoms with van der Waals surface area (Å²) in [5.41, 5.74) is -12.4. The van der Waals surface area contributed by atoms with Crippen LogP contribution in [0.5, 0.6) is 0 Å². The first-order valence-corrected chi connectivity index (χ1v) is 17.5. The molecule has 314 valence electrons. The Morgan fingerprint density at radius 1 is 0.355 bits per heavy atom. The van der Waals surface area contributed by atoms with E-state index in [9.17, 15) is 76.4 Å². The standard InChI is InChI=1S/C43H17F15N4/c44-39(45,46)22-1-6-27(21(13-22)19-60)38-36(61-32-14-23(40(47,48)49)2-7-28(32)29-8-3-24(15-33(29)61)41(50,51)52)11-20(18-59)12-37(38)62-34-16-25(42(53,54)55)4-9-30(34)31-10-5-26(17-35(31)62)43(56,57)58/h1-17H. The van der Waals surface area contributed by atoms with Gasteiger partial charge in [-0.2, -0.15) is 76.4 Å². The molecule has 6 aromatic carbocycles. The molecule has 0 radical (unpaired) electrons. The number of nitrogens with zero attached hydrogens (tertiary/aromatic N) is 4. The predicted molar refractivity (Wildman–Crippen MR) is 195 cm³/mol. The third-order valence-corrected chi connectivity index (χ3v) is 10.3. The van der Waals surface area contributed by atoms with Gasteiger partial charge in [0.1, 0.15) is 0 Å². The van der Waals surface area contributed by atoms with Crippen molar-refractivity contribution in [2.24, 2.45) is 0 Å². The molecular weight excluding hydrogens is 857 g/mol. The van der Waals surface area contributed by atoms with Gasteiger partial charge in [-0.3, -0.25) is 0 Å². The molecule has 19 heteroatoms. The molecule has 2 aromatic heterocycles. The SMILES string of the molecule is N#Cc1cc(-n2c3cc(C(F)(F)F)ccc3c3ccc(C(F)(F)F)cc32)c(-c2ccc(C(F)(F)F)cc2C#N)c(-n2c3cc(C(F)(F)F)ccc3c3ccc(C(F)(F)F)cc32)c1. The molecule has 8 aromatic rings. The van der Waals surface area contributed by atoms with Crippen molar-refractivity contribution in [3.8, 4) is 34.6 Å². The average Bonchev–Trinajstić information content (AvgIpc) is 3.69. The molecule has 0 N–H and O–H groups in total. The van der Waals surface area contributed by atoms with E-state index in [1.165, 1.54) is 0 Å². The first kappa shape index (κ1) is 41.6. The fraction of sp³-hybridized carbons (Fsp3) is 0.116. The maximum atomic E-state index is 14.3. The second-order valence-corrected chi connectivity index (χ2v) is 14.0. The minimum atomic E-state index is -5.09. The number of fused-ring (bicyclic) bond motifs is 6. The van der Waals surface area contributed by atoms with E-state index in [2.05, 4.69) is 0 Å². The summed E-state index contributed by atoms with van der Waals surface area (Å²) in [5, 5.41) is 20.2. The summed E-state index contributed by atoms with van der Waals surface area (Å²) in [6, 6.07) is 15.0. The van der Waals surface area contributed by atoms with Gasteiger partial charge < -0.3 is 9.13 Å². The molecule has 2 heterocycles. The molecule has 0 aliphatic heterocycles. The van der Waals surface area contributed by atoms with Gasteiger partial charge in [-0.1, -0.05) is 30.3 Å². The predicted octanol–water partition coefficient (Wildman–Crippen LogP) is 14.4. The van der Waals surface area contributed by atoms with Crippen LogP contribution < -0.4 is 0 Å². The van der Waals surface area contributed by atoms with Gasteiger partial charge in [0, 0.05) is 32.7 Å². The van der Waals surface area contributed by atoms with E-state index in [0.717, 1.165) is 45.5 Å². The second kappa shape index (κ2) is 13.7. The fourth-order valence-electron chi connectivity index (χ4n) is 7.60. The molecule has 0 saturated heterocycles. The lowest BCUT2D eigenvalue weighted by molar-refractivity contribution is -0.138. The normalized spacial score (nSPS) is 13.0. The number of rotatable bonds is 3. The van der Waals surface area contributed by atoms with Crippen molar-refractivity contribution < 1.29 is 65.9 Å². The van der Waals surface area contributed by atoms with Crippen LogP contribution in [0.15, 0.2) is 103 Å². The monoisotopic (exact) mass is 874 g/mol. The van der Waals surface area contributed by atoms with Gasteiger partial charge in [0.15, 0.2) is 0 Å². The molecule has 0 aliphatic carbocycles. The first-order chi connectivity index (χ1) is 28.8. The Hall–Kier alpha value is -7.15. The van der Waals surface area contributed by atoms with Crippen LogP contribution in [0.2, 0.25) is 0 Å². The van der Waals surface area contributed by atoms with E-state index in [1.54, 1.807) is 12.1 Å². The van der Waals surface area contributed by atoms with Crippen molar-refractivity contribution in [3.05, 3.63) is 142 Å². The smallest absolute Gasteiger partial charge is 0.308 e. The van der Waals surface area contributed by atoms with E-state index >= 15 is 0 Å². The van der Waals surface area contributed by atoms with E-state index in [0.29, 0.717) is 66.7 Å². The summed E-state index contributed by atoms with van der Waals surface area (Å²) in [7, 11) is 0. The van der Waals surface area contributed by atoms with Crippen molar-refractivity contribution in [3.63, 3.8) is 0 Å². The Morgan fingerprint density at radius 2 is 0.645 bits per heavy atom. The Bertz CT molecular complexity index is 2940. The minimum Gasteiger partial charge on any atom is -0.308 e. The second-order valence-electron chi connectivity index (χ2n) is 14.0. The number of hydrogen-bond acceptors (Lipinski definition) is 2. The third-order valence-electron chi connectivity index (χ3n) is 10.3. The van der Waals surface area contributed by atoms with Crippen LogP contribution in [0.25, 0.3) is 66.1 Å². The van der Waals surface area contributed by atoms with Crippen LogP contribution in [0.1, 0.15) is 38.9 Å². The van der Waals surface area contributed by atoms with Gasteiger partial charge in [0.25, 0.3) is 0 Å². The Morgan fingerprint density at radius 3 is 0.919 bits per heavy atom. The maximum Gasteiger partial charge on any atom is 0.416 e. The zero-order valence-electron chi connectivity index (χ0n) is 30.3. The van der Waals surface area contributed by atoms with Gasteiger partial charge >= 0.3 is 30.9 Å². The fourth-order valence-corrected chi connectivity index (χ4v) is 7.60. The summed E-state index contributed by atoms with van der Waals surface area (Å²) in [5.74, 6) is 0. The first-order valence-electron chi connectivity index (χ1n) is 17.5. The molecule has 4 nitrogen and oxygen atoms in total. The Balaban J connectivity index is 1.67. The van der Waals surface area contributed by atoms with Crippen LogP contribution in [0.3, 0.4) is 0 Å². The summed E-state index contributed by atoms with van der Waals surface area (Å²) < 4.78 is 215. The van der Waals surface area contributed by atoms with Crippen molar-refractivity contribution in [1.82, 2.24) is 9.13 Å². The summed E-state index contributed by atoms with van der Waals surface area (Å²) in [6.45, 7) is 0. The van der Waals surface area contributed by atoms with E-state index < -0.39 is 114 Å². The zero-order chi connectivity index (χ0) is 45.1. The highest BCUT2D eigenvalue weighted by molar-refractivity contribution is 6.12. The molecule has 62 heavy (non-hydrogen) atoms. The molecule has 0 fully saturated rings. The number of halogens is 15. The molecule has 0 amide bonds. The number of benzene rings is 6. The van der Waals surface area contributed by atoms with Gasteiger partial charge in [-0.15, -0.1) is 0 Å². The van der Waals surface area contributed by atoms with Crippen LogP contribution in [-0.2, 0) is 30.9 Å². The quantitative estimate of drug-likeness (QED) is 0.166. The van der Waals surface area contributed by atoms with E-state index in [1.807, 2.05) is 0 Å². The van der Waals surface area contributed by atoms with Gasteiger partial charge in [0.2, 0.25) is 0 Å². The number of nitriles is 2. The van der Waals surface area contributed by atoms with Crippen molar-refractivity contribution in [2.45, 2.75) is 30.9 Å². The lowest BCUT2D eigenvalue weighted by Gasteiger charge is -2.22. The number of aromatic nitrogens is 2. The largest absolute Gasteiger partial charge is 0.416 e. The van der Waals surface area contributed by atoms with Gasteiger partial charge in [-0.05, 0) is 72.8 Å². The molecule has 0 aliphatic rings. The van der Waals surface area contributed by atoms with Gasteiger partial charge in [-0.25, -0.2) is 0 Å². The molecule has 0 spiro atoms. The number of alkyl halides is 15. The average molecular weight is 875 g/mol. The van der Waals surface area contributed by atoms with E-state index in [-0.39, 0.29) is 21.5 Å². The van der Waals surface area contributed by atoms with Crippen LogP contribution in [-0.4, -0.2) is 9.13 Å². The molecule has 8 rings (SSSR count). The van der Waals surface area contributed by atoms with Crippen molar-refractivity contribution in [1.29, 1.82) is 10.5 Å². The van der Waals surface area contributed by atoms with Crippen LogP contribution >= 0.6 is 0 Å². The third kappa shape index (κ3) is 6.87. The molecule has 0 saturated carbocycles. The lowest BCUT2D eigenvalue weighted by atomic mass is 9.93. The summed E-state index contributed by atoms with van der Waals surface area (Å²) in [6.07, 6.45) is -25.4. The Kier molecular flexibility index (Phi) is 9.18. The Labute approximate surface area is 336 Å². The highest BCUT2D eigenvalue weighted by Gasteiger charge is 2.37. The molecule has 0 unspecified atom stereocenters. The summed E-state index contributed by atoms with van der Waals surface area (Å²) in [4.78, 5) is 0. The van der Waals surface area contributed by atoms with E-state index in [4.69, 9.17) is 0 Å². The summed E-state index contributed by atoms with van der Waals surface area (Å²) >= 11 is 0. The molecule has 0 atom stereocenters. The lowest BCUT2D eigenvalue weighted by Crippen LogP contribution is -2.10.